The molecule has 0 heterocycles. The summed E-state index contributed by atoms with van der Waals surface area (Å²) in [5.74, 6) is 0.176. The molecular weight excluding hydrogens is 240 g/mol. The minimum absolute atomic E-state index is 0.191. The Morgan fingerprint density at radius 2 is 1.95 bits per heavy atom. The van der Waals surface area contributed by atoms with E-state index >= 15 is 0 Å². The molecule has 0 unspecified atom stereocenters. The van der Waals surface area contributed by atoms with Crippen molar-refractivity contribution in [2.24, 2.45) is 5.92 Å². The van der Waals surface area contributed by atoms with Crippen molar-refractivity contribution >= 4 is 5.97 Å². The standard InChI is InChI=1S/C15H28N2O2/c1-2-17(11-15(18)19)14-8-13(9-14)16-10-12-6-4-3-5-7-12/h12-14,16H,2-11H2,1H3,(H,18,19). The maximum Gasteiger partial charge on any atom is 0.317 e. The number of carboxylic acid groups (broad SMARTS) is 1. The molecule has 2 rings (SSSR count). The SMILES string of the molecule is CCN(CC(=O)O)C1CC(NCC2CCCCC2)C1. The van der Waals surface area contributed by atoms with Crippen LogP contribution in [0.5, 0.6) is 0 Å². The van der Waals surface area contributed by atoms with E-state index in [9.17, 15) is 4.79 Å². The van der Waals surface area contributed by atoms with Gasteiger partial charge in [0, 0.05) is 12.1 Å². The van der Waals surface area contributed by atoms with Gasteiger partial charge in [0.05, 0.1) is 6.54 Å². The Balaban J connectivity index is 1.61. The van der Waals surface area contributed by atoms with Crippen LogP contribution in [0.25, 0.3) is 0 Å². The van der Waals surface area contributed by atoms with Crippen molar-refractivity contribution in [3.63, 3.8) is 0 Å². The van der Waals surface area contributed by atoms with E-state index in [0.29, 0.717) is 12.1 Å². The van der Waals surface area contributed by atoms with Crippen molar-refractivity contribution in [2.75, 3.05) is 19.6 Å². The molecule has 2 fully saturated rings. The molecule has 2 N–H and O–H groups in total. The van der Waals surface area contributed by atoms with Crippen LogP contribution in [0.2, 0.25) is 0 Å². The molecule has 0 aliphatic heterocycles. The van der Waals surface area contributed by atoms with Gasteiger partial charge in [-0.2, -0.15) is 0 Å². The van der Waals surface area contributed by atoms with Gasteiger partial charge < -0.3 is 10.4 Å². The van der Waals surface area contributed by atoms with Crippen molar-refractivity contribution in [3.05, 3.63) is 0 Å². The fraction of sp³-hybridized carbons (Fsp3) is 0.933. The molecule has 4 heteroatoms. The summed E-state index contributed by atoms with van der Waals surface area (Å²) in [5.41, 5.74) is 0. The van der Waals surface area contributed by atoms with Crippen LogP contribution in [0.15, 0.2) is 0 Å². The van der Waals surface area contributed by atoms with Gasteiger partial charge in [-0.1, -0.05) is 26.2 Å². The predicted octanol–water partition coefficient (Wildman–Crippen LogP) is 2.09. The fourth-order valence-electron chi connectivity index (χ4n) is 3.45. The summed E-state index contributed by atoms with van der Waals surface area (Å²) in [6.07, 6.45) is 9.25. The van der Waals surface area contributed by atoms with Gasteiger partial charge in [-0.25, -0.2) is 0 Å². The molecule has 2 aliphatic carbocycles. The maximum atomic E-state index is 10.8. The molecule has 0 aromatic carbocycles. The van der Waals surface area contributed by atoms with Crippen LogP contribution in [-0.4, -0.2) is 47.7 Å². The minimum Gasteiger partial charge on any atom is -0.480 e. The van der Waals surface area contributed by atoms with Gasteiger partial charge in [0.2, 0.25) is 0 Å². The van der Waals surface area contributed by atoms with Crippen LogP contribution in [0, 0.1) is 5.92 Å². The first-order chi connectivity index (χ1) is 9.19. The fourth-order valence-corrected chi connectivity index (χ4v) is 3.45. The van der Waals surface area contributed by atoms with Crippen LogP contribution in [0.3, 0.4) is 0 Å². The van der Waals surface area contributed by atoms with E-state index in [4.69, 9.17) is 5.11 Å². The third-order valence-corrected chi connectivity index (χ3v) is 4.79. The second-order valence-electron chi connectivity index (χ2n) is 6.19. The number of nitrogens with one attached hydrogen (secondary N) is 1. The van der Waals surface area contributed by atoms with Crippen molar-refractivity contribution in [1.82, 2.24) is 10.2 Å². The highest BCUT2D eigenvalue weighted by Crippen LogP contribution is 2.27. The summed E-state index contributed by atoms with van der Waals surface area (Å²) >= 11 is 0. The number of carbonyl (C=O) groups is 1. The third kappa shape index (κ3) is 4.46. The number of hydrogen-bond acceptors (Lipinski definition) is 3. The topological polar surface area (TPSA) is 52.6 Å². The predicted molar refractivity (Wildman–Crippen MR) is 76.3 cm³/mol. The second-order valence-corrected chi connectivity index (χ2v) is 6.19. The molecule has 0 saturated heterocycles. The van der Waals surface area contributed by atoms with Gasteiger partial charge in [0.1, 0.15) is 0 Å². The Labute approximate surface area is 116 Å². The molecule has 0 spiro atoms. The zero-order valence-electron chi connectivity index (χ0n) is 12.1. The van der Waals surface area contributed by atoms with E-state index in [1.54, 1.807) is 0 Å². The van der Waals surface area contributed by atoms with Gasteiger partial charge in [-0.15, -0.1) is 0 Å². The molecule has 4 nitrogen and oxygen atoms in total. The molecule has 2 aliphatic rings. The van der Waals surface area contributed by atoms with Crippen LogP contribution < -0.4 is 5.32 Å². The summed E-state index contributed by atoms with van der Waals surface area (Å²) in [6, 6.07) is 1.10. The van der Waals surface area contributed by atoms with Gasteiger partial charge >= 0.3 is 5.97 Å². The summed E-state index contributed by atoms with van der Waals surface area (Å²) in [7, 11) is 0. The van der Waals surface area contributed by atoms with Gasteiger partial charge in [-0.05, 0) is 44.7 Å². The number of hydrogen-bond donors (Lipinski definition) is 2. The van der Waals surface area contributed by atoms with Crippen LogP contribution >= 0.6 is 0 Å². The first-order valence-corrected chi connectivity index (χ1v) is 7.88. The van der Waals surface area contributed by atoms with Crippen molar-refractivity contribution in [1.29, 1.82) is 0 Å². The van der Waals surface area contributed by atoms with Gasteiger partial charge in [0.15, 0.2) is 0 Å². The van der Waals surface area contributed by atoms with E-state index < -0.39 is 5.97 Å². The first-order valence-electron chi connectivity index (χ1n) is 7.88. The Morgan fingerprint density at radius 1 is 1.26 bits per heavy atom. The van der Waals surface area contributed by atoms with Gasteiger partial charge in [0.25, 0.3) is 0 Å². The molecule has 0 aromatic heterocycles. The van der Waals surface area contributed by atoms with E-state index in [2.05, 4.69) is 10.2 Å². The smallest absolute Gasteiger partial charge is 0.317 e. The second kappa shape index (κ2) is 7.25. The molecule has 0 atom stereocenters. The average molecular weight is 268 g/mol. The van der Waals surface area contributed by atoms with E-state index in [1.807, 2.05) is 6.92 Å². The summed E-state index contributed by atoms with van der Waals surface area (Å²) in [4.78, 5) is 12.9. The maximum absolute atomic E-state index is 10.8. The monoisotopic (exact) mass is 268 g/mol. The van der Waals surface area contributed by atoms with Crippen LogP contribution in [0.1, 0.15) is 51.9 Å². The van der Waals surface area contributed by atoms with Crippen LogP contribution in [-0.2, 0) is 4.79 Å². The molecule has 2 saturated carbocycles. The zero-order chi connectivity index (χ0) is 13.7. The molecule has 0 bridgehead atoms. The lowest BCUT2D eigenvalue weighted by molar-refractivity contribution is -0.139. The normalized spacial score (nSPS) is 28.3. The Bertz CT molecular complexity index is 284. The first kappa shape index (κ1) is 14.8. The molecule has 0 aromatic rings. The molecule has 110 valence electrons. The Morgan fingerprint density at radius 3 is 2.53 bits per heavy atom. The Kier molecular flexibility index (Phi) is 5.64. The molecule has 0 amide bonds. The Hall–Kier alpha value is -0.610. The van der Waals surface area contributed by atoms with Crippen LogP contribution in [0.4, 0.5) is 0 Å². The van der Waals surface area contributed by atoms with E-state index in [0.717, 1.165) is 25.3 Å². The lowest BCUT2D eigenvalue weighted by Crippen LogP contribution is -2.54. The summed E-state index contributed by atoms with van der Waals surface area (Å²) < 4.78 is 0. The minimum atomic E-state index is -0.708. The van der Waals surface area contributed by atoms with Gasteiger partial charge in [-0.3, -0.25) is 9.69 Å². The average Bonchev–Trinajstić information content (AvgIpc) is 2.36. The lowest BCUT2D eigenvalue weighted by atomic mass is 9.84. The van der Waals surface area contributed by atoms with Crippen molar-refractivity contribution in [2.45, 2.75) is 64.0 Å². The summed E-state index contributed by atoms with van der Waals surface area (Å²) in [5, 5.41) is 12.5. The number of carboxylic acids is 1. The molecule has 0 radical (unpaired) electrons. The van der Waals surface area contributed by atoms with Crippen molar-refractivity contribution < 1.29 is 9.90 Å². The number of likely N-dealkylation sites (N-methyl/N-ethyl adjacent to an activating group) is 1. The zero-order valence-corrected chi connectivity index (χ0v) is 12.1. The largest absolute Gasteiger partial charge is 0.480 e. The number of aliphatic carboxylic acids is 1. The lowest BCUT2D eigenvalue weighted by Gasteiger charge is -2.43. The quantitative estimate of drug-likeness (QED) is 0.742. The number of nitrogens with zero attached hydrogens (tertiary/aromatic N) is 1. The summed E-state index contributed by atoms with van der Waals surface area (Å²) in [6.45, 7) is 4.25. The van der Waals surface area contributed by atoms with Crippen molar-refractivity contribution in [3.8, 4) is 0 Å². The number of rotatable bonds is 7. The van der Waals surface area contributed by atoms with E-state index in [-0.39, 0.29) is 6.54 Å². The molecular formula is C15H28N2O2. The third-order valence-electron chi connectivity index (χ3n) is 4.79. The highest BCUT2D eigenvalue weighted by Gasteiger charge is 2.33. The highest BCUT2D eigenvalue weighted by molar-refractivity contribution is 5.69. The highest BCUT2D eigenvalue weighted by atomic mass is 16.4. The van der Waals surface area contributed by atoms with E-state index in [1.165, 1.54) is 38.6 Å². The molecule has 19 heavy (non-hydrogen) atoms.